The minimum Gasteiger partial charge on any atom is -0.496 e. The lowest BCUT2D eigenvalue weighted by Crippen LogP contribution is -2.18. The van der Waals surface area contributed by atoms with Gasteiger partial charge in [-0.15, -0.1) is 12.4 Å². The van der Waals surface area contributed by atoms with Crippen LogP contribution < -0.4 is 9.46 Å². The van der Waals surface area contributed by atoms with Gasteiger partial charge in [0.1, 0.15) is 11.6 Å². The zero-order valence-corrected chi connectivity index (χ0v) is 19.6. The van der Waals surface area contributed by atoms with Gasteiger partial charge in [-0.25, -0.2) is 13.4 Å². The number of rotatable bonds is 6. The van der Waals surface area contributed by atoms with Crippen molar-refractivity contribution in [3.05, 3.63) is 65.7 Å². The number of nitrogens with zero attached hydrogens (tertiary/aromatic N) is 2. The molecule has 1 N–H and O–H groups in total. The van der Waals surface area contributed by atoms with Crippen molar-refractivity contribution in [1.29, 1.82) is 0 Å². The van der Waals surface area contributed by atoms with Crippen LogP contribution in [0.25, 0.3) is 5.69 Å². The maximum absolute atomic E-state index is 13.2. The highest BCUT2D eigenvalue weighted by Crippen LogP contribution is 2.35. The molecule has 4 rings (SSSR count). The predicted octanol–water partition coefficient (Wildman–Crippen LogP) is 5.11. The Kier molecular flexibility index (Phi) is 6.96. The first-order valence-corrected chi connectivity index (χ1v) is 11.7. The maximum Gasteiger partial charge on any atom is 0.262 e. The lowest BCUT2D eigenvalue weighted by Gasteiger charge is -2.22. The molecule has 0 saturated heterocycles. The van der Waals surface area contributed by atoms with Gasteiger partial charge in [-0.3, -0.25) is 4.72 Å². The Labute approximate surface area is 190 Å². The van der Waals surface area contributed by atoms with Gasteiger partial charge in [0.2, 0.25) is 0 Å². The normalized spacial score (nSPS) is 13.4. The molecule has 1 aliphatic carbocycles. The van der Waals surface area contributed by atoms with E-state index in [1.807, 2.05) is 22.9 Å². The van der Waals surface area contributed by atoms with E-state index in [0.717, 1.165) is 54.1 Å². The first-order chi connectivity index (χ1) is 14.4. The molecule has 0 fully saturated rings. The Morgan fingerprint density at radius 3 is 2.35 bits per heavy atom. The van der Waals surface area contributed by atoms with Crippen LogP contribution in [0.15, 0.2) is 53.7 Å². The monoisotopic (exact) mass is 461 g/mol. The van der Waals surface area contributed by atoms with Gasteiger partial charge in [0.15, 0.2) is 0 Å². The van der Waals surface area contributed by atoms with E-state index in [9.17, 15) is 8.42 Å². The van der Waals surface area contributed by atoms with E-state index in [1.54, 1.807) is 37.6 Å². The molecule has 3 aromatic rings. The Hall–Kier alpha value is -2.51. The second-order valence-corrected chi connectivity index (χ2v) is 9.54. The number of hydrogen-bond donors (Lipinski definition) is 1. The quantitative estimate of drug-likeness (QED) is 0.553. The third kappa shape index (κ3) is 4.57. The molecule has 1 aliphatic rings. The molecule has 0 aliphatic heterocycles. The number of sulfonamides is 1. The minimum atomic E-state index is -3.69. The number of benzene rings is 2. The molecule has 0 amide bonds. The molecule has 0 bridgehead atoms. The molecule has 0 atom stereocenters. The van der Waals surface area contributed by atoms with Crippen molar-refractivity contribution in [3.8, 4) is 11.4 Å². The van der Waals surface area contributed by atoms with Crippen molar-refractivity contribution in [1.82, 2.24) is 9.55 Å². The van der Waals surface area contributed by atoms with Crippen LogP contribution in [0.5, 0.6) is 5.75 Å². The summed E-state index contributed by atoms with van der Waals surface area (Å²) < 4.78 is 36.5. The van der Waals surface area contributed by atoms with Crippen LogP contribution in [0.2, 0.25) is 0 Å². The fourth-order valence-electron chi connectivity index (χ4n) is 4.11. The Bertz CT molecular complexity index is 1160. The number of anilines is 1. The van der Waals surface area contributed by atoms with Crippen molar-refractivity contribution in [2.45, 2.75) is 50.3 Å². The average molecular weight is 462 g/mol. The molecular formula is C23H28ClN3O3S. The highest BCUT2D eigenvalue weighted by molar-refractivity contribution is 7.92. The van der Waals surface area contributed by atoms with E-state index in [2.05, 4.69) is 23.6 Å². The molecular weight excluding hydrogens is 434 g/mol. The van der Waals surface area contributed by atoms with E-state index in [-0.39, 0.29) is 12.4 Å². The fraction of sp³-hybridized carbons (Fsp3) is 0.348. The Morgan fingerprint density at radius 2 is 1.71 bits per heavy atom. The van der Waals surface area contributed by atoms with E-state index in [1.165, 1.54) is 0 Å². The summed E-state index contributed by atoms with van der Waals surface area (Å²) in [6.45, 7) is 4.19. The number of halogens is 1. The van der Waals surface area contributed by atoms with Crippen molar-refractivity contribution in [2.24, 2.45) is 0 Å². The lowest BCUT2D eigenvalue weighted by molar-refractivity contribution is 0.405. The number of fused-ring (bicyclic) bond motifs is 1. The van der Waals surface area contributed by atoms with Crippen LogP contribution in [0.3, 0.4) is 0 Å². The number of nitrogens with one attached hydrogen (secondary N) is 1. The summed E-state index contributed by atoms with van der Waals surface area (Å²) in [4.78, 5) is 4.76. The first kappa shape index (κ1) is 23.2. The summed E-state index contributed by atoms with van der Waals surface area (Å²) in [7, 11) is -2.06. The van der Waals surface area contributed by atoms with Crippen LogP contribution in [0, 0.1) is 0 Å². The van der Waals surface area contributed by atoms with E-state index in [4.69, 9.17) is 4.74 Å². The lowest BCUT2D eigenvalue weighted by atomic mass is 9.91. The summed E-state index contributed by atoms with van der Waals surface area (Å²) >= 11 is 0. The highest BCUT2D eigenvalue weighted by Gasteiger charge is 2.25. The molecule has 8 heteroatoms. The van der Waals surface area contributed by atoms with Crippen molar-refractivity contribution < 1.29 is 13.2 Å². The van der Waals surface area contributed by atoms with Crippen molar-refractivity contribution in [2.75, 3.05) is 11.8 Å². The number of ether oxygens (including phenoxy) is 1. The second-order valence-electron chi connectivity index (χ2n) is 7.89. The molecule has 1 aromatic heterocycles. The van der Waals surface area contributed by atoms with Crippen LogP contribution in [0.4, 0.5) is 5.69 Å². The van der Waals surface area contributed by atoms with Gasteiger partial charge in [0.05, 0.1) is 12.0 Å². The zero-order valence-electron chi connectivity index (χ0n) is 18.0. The van der Waals surface area contributed by atoms with Crippen LogP contribution >= 0.6 is 12.4 Å². The molecule has 0 spiro atoms. The molecule has 0 unspecified atom stereocenters. The number of hydrogen-bond acceptors (Lipinski definition) is 4. The van der Waals surface area contributed by atoms with Gasteiger partial charge in [-0.05, 0) is 73.2 Å². The van der Waals surface area contributed by atoms with Crippen LogP contribution in [0.1, 0.15) is 49.6 Å². The molecule has 2 aromatic carbocycles. The Balaban J connectivity index is 0.00000272. The largest absolute Gasteiger partial charge is 0.496 e. The van der Waals surface area contributed by atoms with Gasteiger partial charge >= 0.3 is 0 Å². The molecule has 0 radical (unpaired) electrons. The number of aromatic nitrogens is 2. The smallest absolute Gasteiger partial charge is 0.262 e. The number of imidazole rings is 1. The van der Waals surface area contributed by atoms with Gasteiger partial charge in [-0.2, -0.15) is 0 Å². The second kappa shape index (κ2) is 9.32. The van der Waals surface area contributed by atoms with Gasteiger partial charge in [0.25, 0.3) is 10.0 Å². The Morgan fingerprint density at radius 1 is 1.03 bits per heavy atom. The standard InChI is InChI=1S/C23H27N3O3S.ClH/c1-16(2)23-24-14-15-26(23)18-10-8-17(9-11-18)25-30(27,28)22-13-12-21(29-3)19-6-4-5-7-20(19)22;/h8-16,25H,4-7H2,1-3H3;1H. The fourth-order valence-corrected chi connectivity index (χ4v) is 5.46. The van der Waals surface area contributed by atoms with Crippen molar-refractivity contribution >= 4 is 28.1 Å². The van der Waals surface area contributed by atoms with Gasteiger partial charge < -0.3 is 9.30 Å². The van der Waals surface area contributed by atoms with E-state index in [0.29, 0.717) is 16.5 Å². The summed E-state index contributed by atoms with van der Waals surface area (Å²) in [5.74, 6) is 2.03. The van der Waals surface area contributed by atoms with Gasteiger partial charge in [0, 0.05) is 29.7 Å². The SMILES string of the molecule is COc1ccc(S(=O)(=O)Nc2ccc(-n3ccnc3C(C)C)cc2)c2c1CCCC2.Cl. The topological polar surface area (TPSA) is 73.2 Å². The third-order valence-corrected chi connectivity index (χ3v) is 7.01. The molecule has 1 heterocycles. The van der Waals surface area contributed by atoms with Crippen molar-refractivity contribution in [3.63, 3.8) is 0 Å². The van der Waals surface area contributed by atoms with E-state index < -0.39 is 10.0 Å². The molecule has 0 saturated carbocycles. The summed E-state index contributed by atoms with van der Waals surface area (Å²) in [6, 6.07) is 10.8. The van der Waals surface area contributed by atoms with E-state index >= 15 is 0 Å². The number of methoxy groups -OCH3 is 1. The summed E-state index contributed by atoms with van der Waals surface area (Å²) in [5, 5.41) is 0. The summed E-state index contributed by atoms with van der Waals surface area (Å²) in [5.41, 5.74) is 3.37. The highest BCUT2D eigenvalue weighted by atomic mass is 35.5. The predicted molar refractivity (Wildman–Crippen MR) is 125 cm³/mol. The van der Waals surface area contributed by atoms with Gasteiger partial charge in [-0.1, -0.05) is 13.8 Å². The average Bonchev–Trinajstić information content (AvgIpc) is 3.23. The molecule has 31 heavy (non-hydrogen) atoms. The third-order valence-electron chi connectivity index (χ3n) is 5.54. The summed E-state index contributed by atoms with van der Waals surface area (Å²) in [6.07, 6.45) is 7.33. The van der Waals surface area contributed by atoms with Crippen LogP contribution in [-0.2, 0) is 22.9 Å². The minimum absolute atomic E-state index is 0. The molecule has 166 valence electrons. The molecule has 6 nitrogen and oxygen atoms in total. The first-order valence-electron chi connectivity index (χ1n) is 10.3. The maximum atomic E-state index is 13.2. The van der Waals surface area contributed by atoms with Crippen LogP contribution in [-0.4, -0.2) is 25.1 Å². The zero-order chi connectivity index (χ0) is 21.3.